The van der Waals surface area contributed by atoms with Gasteiger partial charge in [-0.25, -0.2) is 10.4 Å². The average Bonchev–Trinajstić information content (AvgIpc) is 3.26. The summed E-state index contributed by atoms with van der Waals surface area (Å²) in [6, 6.07) is 12.5. The monoisotopic (exact) mass is 442 g/mol. The van der Waals surface area contributed by atoms with Gasteiger partial charge in [-0.15, -0.1) is 11.3 Å². The van der Waals surface area contributed by atoms with E-state index in [1.807, 2.05) is 38.1 Å². The van der Waals surface area contributed by atoms with Gasteiger partial charge in [-0.2, -0.15) is 5.10 Å². The topological polar surface area (TPSA) is 102 Å². The fraction of sp³-hybridized carbons (Fsp3) is 0.273. The van der Waals surface area contributed by atoms with Crippen molar-refractivity contribution < 1.29 is 19.1 Å². The molecule has 31 heavy (non-hydrogen) atoms. The molecule has 2 amide bonds. The van der Waals surface area contributed by atoms with Crippen molar-refractivity contribution in [2.75, 3.05) is 20.8 Å². The first-order chi connectivity index (χ1) is 15.0. The van der Waals surface area contributed by atoms with Crippen LogP contribution in [0.4, 0.5) is 0 Å². The van der Waals surface area contributed by atoms with Gasteiger partial charge in [-0.05, 0) is 37.3 Å². The molecule has 1 heterocycles. The number of para-hydroxylation sites is 1. The molecule has 0 fully saturated rings. The van der Waals surface area contributed by atoms with Gasteiger partial charge in [0.2, 0.25) is 0 Å². The van der Waals surface area contributed by atoms with E-state index in [0.29, 0.717) is 22.8 Å². The molecular weight excluding hydrogens is 416 g/mol. The van der Waals surface area contributed by atoms with Crippen molar-refractivity contribution in [3.8, 4) is 11.5 Å². The van der Waals surface area contributed by atoms with Crippen LogP contribution < -0.4 is 20.2 Å². The highest BCUT2D eigenvalue weighted by molar-refractivity contribution is 7.20. The maximum atomic E-state index is 12.2. The smallest absolute Gasteiger partial charge is 0.259 e. The number of amides is 2. The van der Waals surface area contributed by atoms with Gasteiger partial charge in [-0.1, -0.05) is 26.0 Å². The van der Waals surface area contributed by atoms with E-state index in [9.17, 15) is 9.59 Å². The van der Waals surface area contributed by atoms with E-state index in [1.165, 1.54) is 25.6 Å². The number of hydrazone groups is 1. The first-order valence-corrected chi connectivity index (χ1v) is 10.5. The Morgan fingerprint density at radius 3 is 2.45 bits per heavy atom. The molecule has 2 N–H and O–H groups in total. The molecule has 0 spiro atoms. The normalized spacial score (nSPS) is 10.7. The van der Waals surface area contributed by atoms with Crippen molar-refractivity contribution in [3.05, 3.63) is 53.0 Å². The van der Waals surface area contributed by atoms with Crippen molar-refractivity contribution >= 4 is 39.1 Å². The Kier molecular flexibility index (Phi) is 8.95. The molecule has 0 aliphatic heterocycles. The third kappa shape index (κ3) is 6.26. The number of methoxy groups -OCH3 is 2. The maximum absolute atomic E-state index is 12.2. The van der Waals surface area contributed by atoms with Crippen LogP contribution in [0.1, 0.15) is 36.1 Å². The Morgan fingerprint density at radius 1 is 1.06 bits per heavy atom. The summed E-state index contributed by atoms with van der Waals surface area (Å²) in [5.74, 6) is 0.0920. The van der Waals surface area contributed by atoms with Gasteiger partial charge in [0.25, 0.3) is 11.8 Å². The highest BCUT2D eigenvalue weighted by atomic mass is 32.1. The highest BCUT2D eigenvalue weighted by Crippen LogP contribution is 2.27. The van der Waals surface area contributed by atoms with Gasteiger partial charge in [0.15, 0.2) is 11.5 Å². The van der Waals surface area contributed by atoms with Crippen LogP contribution in [0.15, 0.2) is 47.6 Å². The lowest BCUT2D eigenvalue weighted by molar-refractivity contribution is -0.120. The number of hydrogen-bond donors (Lipinski definition) is 2. The minimum atomic E-state index is -0.445. The van der Waals surface area contributed by atoms with Crippen molar-refractivity contribution in [1.29, 1.82) is 0 Å². The number of benzene rings is 2. The van der Waals surface area contributed by atoms with Crippen molar-refractivity contribution in [2.24, 2.45) is 5.10 Å². The molecule has 0 saturated carbocycles. The number of aromatic nitrogens is 1. The molecule has 3 rings (SSSR count). The highest BCUT2D eigenvalue weighted by Gasteiger charge is 2.12. The van der Waals surface area contributed by atoms with Gasteiger partial charge in [0, 0.05) is 5.56 Å². The molecule has 0 bridgehead atoms. The maximum Gasteiger partial charge on any atom is 0.259 e. The molecule has 0 aliphatic carbocycles. The zero-order chi connectivity index (χ0) is 22.8. The minimum Gasteiger partial charge on any atom is -0.493 e. The molecule has 0 radical (unpaired) electrons. The number of nitrogens with zero attached hydrogens (tertiary/aromatic N) is 2. The zero-order valence-corrected chi connectivity index (χ0v) is 19.0. The van der Waals surface area contributed by atoms with Crippen LogP contribution in [0, 0.1) is 0 Å². The summed E-state index contributed by atoms with van der Waals surface area (Å²) in [7, 11) is 3.00. The van der Waals surface area contributed by atoms with Crippen LogP contribution in [0.3, 0.4) is 0 Å². The van der Waals surface area contributed by atoms with E-state index >= 15 is 0 Å². The summed E-state index contributed by atoms with van der Waals surface area (Å²) in [6.07, 6.45) is 0. The second-order valence-corrected chi connectivity index (χ2v) is 7.00. The number of fused-ring (bicyclic) bond motifs is 1. The quantitative estimate of drug-likeness (QED) is 0.430. The standard InChI is InChI=1S/C20H20N4O4S.C2H6/c1-12(20-22-14-6-4-5-7-17(14)29-20)23-24-18(25)11-21-19(26)13-8-9-15(27-2)16(10-13)28-3;1-2/h4-10H,11H2,1-3H3,(H,21,26)(H,24,25);1-2H3/b23-12+;. The summed E-state index contributed by atoms with van der Waals surface area (Å²) >= 11 is 1.49. The fourth-order valence-electron chi connectivity index (χ4n) is 2.50. The lowest BCUT2D eigenvalue weighted by Crippen LogP contribution is -2.35. The lowest BCUT2D eigenvalue weighted by Gasteiger charge is -2.09. The Balaban J connectivity index is 0.00000166. The van der Waals surface area contributed by atoms with Gasteiger partial charge >= 0.3 is 0 Å². The first kappa shape index (κ1) is 23.8. The molecule has 8 nitrogen and oxygen atoms in total. The minimum absolute atomic E-state index is 0.218. The summed E-state index contributed by atoms with van der Waals surface area (Å²) < 4.78 is 11.4. The van der Waals surface area contributed by atoms with Crippen LogP contribution in [-0.4, -0.2) is 43.3 Å². The van der Waals surface area contributed by atoms with Crippen LogP contribution in [-0.2, 0) is 4.79 Å². The van der Waals surface area contributed by atoms with E-state index in [0.717, 1.165) is 15.2 Å². The van der Waals surface area contributed by atoms with Crippen LogP contribution in [0.5, 0.6) is 11.5 Å². The van der Waals surface area contributed by atoms with Crippen LogP contribution >= 0.6 is 11.3 Å². The zero-order valence-electron chi connectivity index (χ0n) is 18.2. The molecule has 0 aliphatic rings. The van der Waals surface area contributed by atoms with Crippen LogP contribution in [0.25, 0.3) is 10.2 Å². The fourth-order valence-corrected chi connectivity index (χ4v) is 3.41. The number of rotatable bonds is 7. The summed E-state index contributed by atoms with van der Waals surface area (Å²) in [4.78, 5) is 28.7. The van der Waals surface area contributed by atoms with Gasteiger partial charge in [0.1, 0.15) is 5.01 Å². The molecular formula is C22H26N4O4S. The van der Waals surface area contributed by atoms with Crippen molar-refractivity contribution in [3.63, 3.8) is 0 Å². The van der Waals surface area contributed by atoms with Gasteiger partial charge < -0.3 is 14.8 Å². The summed E-state index contributed by atoms with van der Waals surface area (Å²) in [5.41, 5.74) is 4.25. The number of carbonyl (C=O) groups is 2. The SMILES string of the molecule is CC.COc1ccc(C(=O)NCC(=O)N/N=C(\C)c2nc3ccccc3s2)cc1OC. The largest absolute Gasteiger partial charge is 0.493 e. The molecule has 1 aromatic heterocycles. The van der Waals surface area contributed by atoms with Gasteiger partial charge in [-0.3, -0.25) is 9.59 Å². The lowest BCUT2D eigenvalue weighted by atomic mass is 10.2. The molecule has 0 saturated heterocycles. The van der Waals surface area contributed by atoms with Crippen LogP contribution in [0.2, 0.25) is 0 Å². The predicted octanol–water partition coefficient (Wildman–Crippen LogP) is 3.61. The number of ether oxygens (including phenoxy) is 2. The Bertz CT molecular complexity index is 1050. The first-order valence-electron chi connectivity index (χ1n) is 9.71. The second kappa shape index (κ2) is 11.7. The van der Waals surface area contributed by atoms with E-state index in [4.69, 9.17) is 9.47 Å². The second-order valence-electron chi connectivity index (χ2n) is 5.97. The average molecular weight is 443 g/mol. The summed E-state index contributed by atoms with van der Waals surface area (Å²) in [5, 5.41) is 7.33. The van der Waals surface area contributed by atoms with Crippen molar-refractivity contribution in [1.82, 2.24) is 15.7 Å². The molecule has 164 valence electrons. The van der Waals surface area contributed by atoms with E-state index in [2.05, 4.69) is 20.8 Å². The molecule has 3 aromatic rings. The molecule has 0 unspecified atom stereocenters. The third-order valence-electron chi connectivity index (χ3n) is 4.01. The van der Waals surface area contributed by atoms with E-state index < -0.39 is 11.8 Å². The Labute approximate surface area is 185 Å². The van der Waals surface area contributed by atoms with Gasteiger partial charge in [0.05, 0.1) is 36.7 Å². The number of hydrogen-bond acceptors (Lipinski definition) is 7. The van der Waals surface area contributed by atoms with E-state index in [1.54, 1.807) is 25.1 Å². The Morgan fingerprint density at radius 2 is 1.77 bits per heavy atom. The van der Waals surface area contributed by atoms with Crippen molar-refractivity contribution in [2.45, 2.75) is 20.8 Å². The number of nitrogens with one attached hydrogen (secondary N) is 2. The Hall–Kier alpha value is -3.46. The van der Waals surface area contributed by atoms with E-state index in [-0.39, 0.29) is 6.54 Å². The summed E-state index contributed by atoms with van der Waals surface area (Å²) in [6.45, 7) is 5.55. The molecule has 2 aromatic carbocycles. The number of carbonyl (C=O) groups excluding carboxylic acids is 2. The third-order valence-corrected chi connectivity index (χ3v) is 5.15. The molecule has 0 atom stereocenters. The predicted molar refractivity (Wildman–Crippen MR) is 123 cm³/mol. The number of thiazole rings is 1. The molecule has 9 heteroatoms.